The van der Waals surface area contributed by atoms with Gasteiger partial charge in [-0.1, -0.05) is 20.3 Å². The van der Waals surface area contributed by atoms with Gasteiger partial charge in [0, 0.05) is 6.21 Å². The highest BCUT2D eigenvalue weighted by molar-refractivity contribution is 7.80. The Kier molecular flexibility index (Phi) is 6.14. The van der Waals surface area contributed by atoms with E-state index in [1.807, 2.05) is 0 Å². The molecule has 1 aliphatic heterocycles. The first-order valence-corrected chi connectivity index (χ1v) is 8.35. The highest BCUT2D eigenvalue weighted by atomic mass is 32.1. The van der Waals surface area contributed by atoms with E-state index in [-0.39, 0.29) is 16.7 Å². The Morgan fingerprint density at radius 3 is 2.58 bits per heavy atom. The van der Waals surface area contributed by atoms with Crippen molar-refractivity contribution in [3.05, 3.63) is 30.1 Å². The van der Waals surface area contributed by atoms with Crippen LogP contribution in [0, 0.1) is 17.7 Å². The molecule has 2 amide bonds. The van der Waals surface area contributed by atoms with Crippen molar-refractivity contribution in [3.63, 3.8) is 0 Å². The second kappa shape index (κ2) is 8.13. The van der Waals surface area contributed by atoms with Crippen LogP contribution in [0.4, 0.5) is 10.1 Å². The van der Waals surface area contributed by atoms with E-state index in [2.05, 4.69) is 10.3 Å². The second-order valence-electron chi connectivity index (χ2n) is 5.87. The number of anilines is 1. The molecule has 1 N–H and O–H groups in total. The van der Waals surface area contributed by atoms with E-state index in [0.717, 1.165) is 23.2 Å². The maximum Gasteiger partial charge on any atom is 0.251 e. The number of hydrogen-bond donors (Lipinski definition) is 1. The van der Waals surface area contributed by atoms with E-state index in [4.69, 9.17) is 12.2 Å². The van der Waals surface area contributed by atoms with E-state index in [1.54, 1.807) is 13.8 Å². The number of halogens is 1. The average molecular weight is 378 g/mol. The van der Waals surface area contributed by atoms with Crippen LogP contribution in [0.5, 0.6) is 0 Å². The topological polar surface area (TPSA) is 102 Å². The zero-order valence-electron chi connectivity index (χ0n) is 14.1. The maximum atomic E-state index is 13.1. The minimum atomic E-state index is -1.38. The number of carbonyl (C=O) groups excluding carboxylic acids is 3. The second-order valence-corrected chi connectivity index (χ2v) is 6.26. The monoisotopic (exact) mass is 378 g/mol. The van der Waals surface area contributed by atoms with Gasteiger partial charge >= 0.3 is 0 Å². The summed E-state index contributed by atoms with van der Waals surface area (Å²) in [6.07, 6.45) is 1.54. The minimum absolute atomic E-state index is 0.144. The van der Waals surface area contributed by atoms with Gasteiger partial charge in [-0.25, -0.2) is 4.39 Å². The molecule has 0 bridgehead atoms. The van der Waals surface area contributed by atoms with Crippen molar-refractivity contribution >= 4 is 47.0 Å². The molecule has 0 spiro atoms. The van der Waals surface area contributed by atoms with Crippen LogP contribution in [0.25, 0.3) is 0 Å². The Morgan fingerprint density at radius 2 is 2.04 bits per heavy atom. The highest BCUT2D eigenvalue weighted by Crippen LogP contribution is 2.21. The fourth-order valence-electron chi connectivity index (χ4n) is 2.40. The van der Waals surface area contributed by atoms with Crippen molar-refractivity contribution in [1.82, 2.24) is 5.32 Å². The van der Waals surface area contributed by atoms with Gasteiger partial charge in [0.1, 0.15) is 5.82 Å². The minimum Gasteiger partial charge on any atom is -0.548 e. The number of thiocarbonyl (C=S) groups is 1. The fraction of sp³-hybridized carbons (Fsp3) is 0.353. The van der Waals surface area contributed by atoms with Gasteiger partial charge in [0.25, 0.3) is 5.91 Å². The zero-order chi connectivity index (χ0) is 19.4. The number of hydrogen-bond acceptors (Lipinski definition) is 6. The van der Waals surface area contributed by atoms with Crippen LogP contribution >= 0.6 is 12.2 Å². The van der Waals surface area contributed by atoms with Crippen molar-refractivity contribution in [1.29, 1.82) is 0 Å². The molecular weight excluding hydrogens is 361 g/mol. The molecule has 1 unspecified atom stereocenters. The molecule has 0 saturated carbocycles. The van der Waals surface area contributed by atoms with Crippen molar-refractivity contribution in [2.24, 2.45) is 16.8 Å². The number of nitrogens with zero attached hydrogens (tertiary/aromatic N) is 2. The molecule has 1 aliphatic rings. The van der Waals surface area contributed by atoms with Gasteiger partial charge in [0.05, 0.1) is 17.7 Å². The number of rotatable bonds is 6. The lowest BCUT2D eigenvalue weighted by Crippen LogP contribution is -2.58. The molecule has 7 nitrogen and oxygen atoms in total. The normalized spacial score (nSPS) is 20.2. The first-order valence-electron chi connectivity index (χ1n) is 7.94. The van der Waals surface area contributed by atoms with Crippen molar-refractivity contribution < 1.29 is 23.9 Å². The number of aliphatic carboxylic acids is 1. The van der Waals surface area contributed by atoms with E-state index in [0.29, 0.717) is 6.42 Å². The number of carboxylic acid groups (broad SMARTS) is 1. The lowest BCUT2D eigenvalue weighted by atomic mass is 9.99. The Bertz CT molecular complexity index is 766. The molecule has 138 valence electrons. The fourth-order valence-corrected chi connectivity index (χ4v) is 2.69. The Balaban J connectivity index is 2.30. The lowest BCUT2D eigenvalue weighted by molar-refractivity contribution is -0.308. The van der Waals surface area contributed by atoms with Crippen LogP contribution in [0.2, 0.25) is 0 Å². The van der Waals surface area contributed by atoms with Crippen molar-refractivity contribution in [2.75, 3.05) is 4.90 Å². The number of aliphatic imine (C=N–C) groups is 1. The van der Waals surface area contributed by atoms with E-state index in [9.17, 15) is 23.9 Å². The number of nitrogens with one attached hydrogen (secondary N) is 1. The number of benzene rings is 1. The summed E-state index contributed by atoms with van der Waals surface area (Å²) in [5.74, 6) is -4.95. The average Bonchev–Trinajstić information content (AvgIpc) is 2.58. The van der Waals surface area contributed by atoms with Crippen LogP contribution < -0.4 is 15.3 Å². The van der Waals surface area contributed by atoms with E-state index in [1.165, 1.54) is 12.1 Å². The van der Waals surface area contributed by atoms with Gasteiger partial charge < -0.3 is 15.2 Å². The molecule has 9 heteroatoms. The predicted octanol–water partition coefficient (Wildman–Crippen LogP) is 0.425. The summed E-state index contributed by atoms with van der Waals surface area (Å²) in [7, 11) is 0. The summed E-state index contributed by atoms with van der Waals surface area (Å²) in [5.41, 5.74) is 0.276. The summed E-state index contributed by atoms with van der Waals surface area (Å²) in [6, 6.07) is 3.82. The van der Waals surface area contributed by atoms with Crippen molar-refractivity contribution in [3.8, 4) is 0 Å². The third-order valence-electron chi connectivity index (χ3n) is 4.11. The summed E-state index contributed by atoms with van der Waals surface area (Å²) in [6.45, 7) is 3.48. The molecule has 1 saturated heterocycles. The highest BCUT2D eigenvalue weighted by Gasteiger charge is 2.38. The van der Waals surface area contributed by atoms with Crippen LogP contribution in [0.15, 0.2) is 29.3 Å². The zero-order valence-corrected chi connectivity index (χ0v) is 15.0. The molecule has 3 atom stereocenters. The molecule has 0 radical (unpaired) electrons. The van der Waals surface area contributed by atoms with Gasteiger partial charge in [-0.2, -0.15) is 0 Å². The summed E-state index contributed by atoms with van der Waals surface area (Å²) < 4.78 is 13.1. The smallest absolute Gasteiger partial charge is 0.251 e. The molecule has 0 aromatic heterocycles. The van der Waals surface area contributed by atoms with E-state index < -0.39 is 35.6 Å². The molecular formula is C17H17FN3O4S-. The first-order chi connectivity index (χ1) is 12.3. The molecule has 1 aromatic carbocycles. The van der Waals surface area contributed by atoms with Gasteiger partial charge in [-0.3, -0.25) is 19.5 Å². The summed E-state index contributed by atoms with van der Waals surface area (Å²) >= 11 is 5.02. The number of carboxylic acids is 1. The Morgan fingerprint density at radius 1 is 1.42 bits per heavy atom. The van der Waals surface area contributed by atoms with Gasteiger partial charge in [-0.15, -0.1) is 0 Å². The standard InChI is InChI=1S/C17H18FN3O4S/c1-3-9(2)13(16(24)25)19-8-12-14(22)20-17(26)21(15(12)23)11-6-4-10(18)5-7-11/h4-9,12-13H,3H2,1-2H3,(H,24,25)(H,20,22,26)/p-1/t9-,12?,13-/m1/s1. The van der Waals surface area contributed by atoms with Gasteiger partial charge in [0.2, 0.25) is 5.91 Å². The molecule has 2 rings (SSSR count). The van der Waals surface area contributed by atoms with E-state index >= 15 is 0 Å². The largest absolute Gasteiger partial charge is 0.548 e. The summed E-state index contributed by atoms with van der Waals surface area (Å²) in [4.78, 5) is 41.0. The molecule has 1 fully saturated rings. The Labute approximate surface area is 154 Å². The molecule has 1 aromatic rings. The lowest BCUT2D eigenvalue weighted by Gasteiger charge is -2.31. The third kappa shape index (κ3) is 4.10. The summed E-state index contributed by atoms with van der Waals surface area (Å²) in [5, 5.41) is 13.5. The van der Waals surface area contributed by atoms with Crippen LogP contribution in [-0.2, 0) is 14.4 Å². The Hall–Kier alpha value is -2.68. The van der Waals surface area contributed by atoms with Crippen molar-refractivity contribution in [2.45, 2.75) is 26.3 Å². The molecule has 1 heterocycles. The number of carbonyl (C=O) groups is 3. The van der Waals surface area contributed by atoms with Crippen LogP contribution in [0.1, 0.15) is 20.3 Å². The first kappa shape index (κ1) is 19.6. The SMILES string of the molecule is CC[C@@H](C)[C@@H](N=CC1C(=O)NC(=S)N(c2ccc(F)cc2)C1=O)C(=O)[O-]. The van der Waals surface area contributed by atoms with Gasteiger partial charge in [-0.05, 0) is 42.4 Å². The molecule has 0 aliphatic carbocycles. The number of amides is 2. The predicted molar refractivity (Wildman–Crippen MR) is 94.9 cm³/mol. The quantitative estimate of drug-likeness (QED) is 0.439. The molecule has 26 heavy (non-hydrogen) atoms. The third-order valence-corrected chi connectivity index (χ3v) is 4.39. The van der Waals surface area contributed by atoms with Crippen LogP contribution in [-0.4, -0.2) is 35.2 Å². The maximum absolute atomic E-state index is 13.1. The van der Waals surface area contributed by atoms with Crippen LogP contribution in [0.3, 0.4) is 0 Å². The van der Waals surface area contributed by atoms with Gasteiger partial charge in [0.15, 0.2) is 11.0 Å².